The lowest BCUT2D eigenvalue weighted by Gasteiger charge is -2.32. The number of nitrogens with one attached hydrogen (secondary N) is 2. The van der Waals surface area contributed by atoms with Gasteiger partial charge >= 0.3 is 6.03 Å². The average Bonchev–Trinajstić information content (AvgIpc) is 2.45. The topological polar surface area (TPSA) is 64.6 Å². The third-order valence-electron chi connectivity index (χ3n) is 3.68. The van der Waals surface area contributed by atoms with Crippen molar-refractivity contribution < 1.29 is 14.3 Å². The number of rotatable bonds is 6. The van der Waals surface area contributed by atoms with Gasteiger partial charge in [0.05, 0.1) is 11.1 Å². The van der Waals surface area contributed by atoms with Gasteiger partial charge in [0, 0.05) is 18.6 Å². The monoisotopic (exact) mass is 331 g/mol. The summed E-state index contributed by atoms with van der Waals surface area (Å²) < 4.78 is 13.3. The van der Waals surface area contributed by atoms with Crippen molar-refractivity contribution in [3.63, 3.8) is 0 Å². The van der Waals surface area contributed by atoms with Gasteiger partial charge in [-0.15, -0.1) is 0 Å². The molecule has 0 aliphatic carbocycles. The van der Waals surface area contributed by atoms with Crippen LogP contribution in [-0.4, -0.2) is 48.8 Å². The van der Waals surface area contributed by atoms with E-state index in [0.29, 0.717) is 12.1 Å². The van der Waals surface area contributed by atoms with Gasteiger partial charge in [0.2, 0.25) is 0 Å². The molecule has 0 heterocycles. The van der Waals surface area contributed by atoms with Crippen LogP contribution in [0.15, 0.2) is 18.2 Å². The molecule has 1 unspecified atom stereocenters. The van der Waals surface area contributed by atoms with Gasteiger partial charge in [0.1, 0.15) is 5.82 Å². The van der Waals surface area contributed by atoms with E-state index in [0.717, 1.165) is 6.07 Å². The van der Waals surface area contributed by atoms with Gasteiger partial charge in [0.15, 0.2) is 0 Å². The van der Waals surface area contributed by atoms with E-state index in [1.54, 1.807) is 0 Å². The summed E-state index contributed by atoms with van der Waals surface area (Å²) in [7, 11) is 3.86. The number of hydrogen-bond acceptors (Lipinski definition) is 3. The number of aliphatic hydroxyl groups is 1. The van der Waals surface area contributed by atoms with E-state index in [4.69, 9.17) is 11.6 Å². The fourth-order valence-electron chi connectivity index (χ4n) is 1.54. The summed E-state index contributed by atoms with van der Waals surface area (Å²) in [5, 5.41) is 15.2. The summed E-state index contributed by atoms with van der Waals surface area (Å²) in [6.07, 6.45) is -1.00. The maximum atomic E-state index is 13.3. The molecule has 0 saturated heterocycles. The Kier molecular flexibility index (Phi) is 6.59. The van der Waals surface area contributed by atoms with Gasteiger partial charge in [-0.3, -0.25) is 0 Å². The molecule has 0 spiro atoms. The van der Waals surface area contributed by atoms with Crippen LogP contribution >= 0.6 is 11.6 Å². The van der Waals surface area contributed by atoms with Crippen LogP contribution in [0.2, 0.25) is 5.02 Å². The largest absolute Gasteiger partial charge is 0.387 e. The lowest BCUT2D eigenvalue weighted by molar-refractivity contribution is 0.167. The SMILES string of the molecule is CN(C)C(C)(C)CNC(=O)NCC(O)c1ccc(Cl)c(F)c1. The quantitative estimate of drug-likeness (QED) is 0.748. The Morgan fingerprint density at radius 3 is 2.59 bits per heavy atom. The van der Waals surface area contributed by atoms with Crippen molar-refractivity contribution in [2.45, 2.75) is 25.5 Å². The zero-order chi connectivity index (χ0) is 16.9. The molecule has 0 aliphatic heterocycles. The molecular formula is C15H23ClFN3O2. The summed E-state index contributed by atoms with van der Waals surface area (Å²) >= 11 is 5.58. The molecular weight excluding hydrogens is 309 g/mol. The van der Waals surface area contributed by atoms with Crippen LogP contribution < -0.4 is 10.6 Å². The highest BCUT2D eigenvalue weighted by Gasteiger charge is 2.21. The first-order valence-corrected chi connectivity index (χ1v) is 7.33. The Morgan fingerprint density at radius 2 is 2.05 bits per heavy atom. The number of likely N-dealkylation sites (N-methyl/N-ethyl adjacent to an activating group) is 1. The Bertz CT molecular complexity index is 524. The first-order valence-electron chi connectivity index (χ1n) is 6.95. The molecule has 0 radical (unpaired) electrons. The summed E-state index contributed by atoms with van der Waals surface area (Å²) in [5.41, 5.74) is 0.172. The minimum absolute atomic E-state index is 0.00688. The van der Waals surface area contributed by atoms with Crippen LogP contribution in [0, 0.1) is 5.82 Å². The number of amides is 2. The number of benzene rings is 1. The molecule has 0 fully saturated rings. The lowest BCUT2D eigenvalue weighted by Crippen LogP contribution is -2.50. The van der Waals surface area contributed by atoms with Crippen molar-refractivity contribution in [2.24, 2.45) is 0 Å². The Balaban J connectivity index is 2.45. The molecule has 0 bridgehead atoms. The van der Waals surface area contributed by atoms with Crippen LogP contribution in [0.3, 0.4) is 0 Å². The van der Waals surface area contributed by atoms with Crippen LogP contribution in [-0.2, 0) is 0 Å². The van der Waals surface area contributed by atoms with Crippen molar-refractivity contribution in [3.05, 3.63) is 34.6 Å². The zero-order valence-electron chi connectivity index (χ0n) is 13.3. The van der Waals surface area contributed by atoms with E-state index in [2.05, 4.69) is 10.6 Å². The number of carbonyl (C=O) groups is 1. The summed E-state index contributed by atoms with van der Waals surface area (Å²) in [6, 6.07) is 3.66. The first kappa shape index (κ1) is 18.7. The molecule has 0 saturated carbocycles. The fraction of sp³-hybridized carbons (Fsp3) is 0.533. The Hall–Kier alpha value is -1.37. The van der Waals surface area contributed by atoms with Gasteiger partial charge in [-0.2, -0.15) is 0 Å². The fourth-order valence-corrected chi connectivity index (χ4v) is 1.66. The third-order valence-corrected chi connectivity index (χ3v) is 3.98. The second kappa shape index (κ2) is 7.76. The van der Waals surface area contributed by atoms with Crippen LogP contribution in [0.5, 0.6) is 0 Å². The number of halogens is 2. The van der Waals surface area contributed by atoms with E-state index in [1.165, 1.54) is 12.1 Å². The lowest BCUT2D eigenvalue weighted by atomic mass is 10.0. The van der Waals surface area contributed by atoms with Crippen LogP contribution in [0.4, 0.5) is 9.18 Å². The van der Waals surface area contributed by atoms with Gasteiger partial charge in [-0.1, -0.05) is 17.7 Å². The normalized spacial score (nSPS) is 13.1. The molecule has 0 aliphatic rings. The second-order valence-corrected chi connectivity index (χ2v) is 6.37. The summed E-state index contributed by atoms with van der Waals surface area (Å²) in [5.74, 6) is -0.601. The van der Waals surface area contributed by atoms with Crippen molar-refractivity contribution in [1.82, 2.24) is 15.5 Å². The highest BCUT2D eigenvalue weighted by Crippen LogP contribution is 2.19. The summed E-state index contributed by atoms with van der Waals surface area (Å²) in [4.78, 5) is 13.7. The van der Waals surface area contributed by atoms with E-state index < -0.39 is 11.9 Å². The van der Waals surface area contributed by atoms with Gasteiger partial charge in [-0.05, 0) is 45.6 Å². The highest BCUT2D eigenvalue weighted by atomic mass is 35.5. The average molecular weight is 332 g/mol. The first-order chi connectivity index (χ1) is 10.1. The number of hydrogen-bond donors (Lipinski definition) is 3. The molecule has 1 aromatic rings. The van der Waals surface area contributed by atoms with Crippen LogP contribution in [0.25, 0.3) is 0 Å². The second-order valence-electron chi connectivity index (χ2n) is 5.96. The van der Waals surface area contributed by atoms with Gasteiger partial charge < -0.3 is 20.6 Å². The number of aliphatic hydroxyl groups excluding tert-OH is 1. The predicted molar refractivity (Wildman–Crippen MR) is 85.5 cm³/mol. The van der Waals surface area contributed by atoms with Crippen LogP contribution in [0.1, 0.15) is 25.5 Å². The predicted octanol–water partition coefficient (Wildman–Crippen LogP) is 2.15. The maximum Gasteiger partial charge on any atom is 0.314 e. The zero-order valence-corrected chi connectivity index (χ0v) is 14.0. The number of urea groups is 1. The molecule has 22 heavy (non-hydrogen) atoms. The third kappa shape index (κ3) is 5.44. The number of nitrogens with zero attached hydrogens (tertiary/aromatic N) is 1. The smallest absolute Gasteiger partial charge is 0.314 e. The van der Waals surface area contributed by atoms with Crippen molar-refractivity contribution >= 4 is 17.6 Å². The minimum Gasteiger partial charge on any atom is -0.387 e. The molecule has 7 heteroatoms. The molecule has 5 nitrogen and oxygen atoms in total. The maximum absolute atomic E-state index is 13.3. The van der Waals surface area contributed by atoms with Gasteiger partial charge in [0.25, 0.3) is 0 Å². The highest BCUT2D eigenvalue weighted by molar-refractivity contribution is 6.30. The number of carbonyl (C=O) groups excluding carboxylic acids is 1. The van der Waals surface area contributed by atoms with E-state index >= 15 is 0 Å². The molecule has 124 valence electrons. The van der Waals surface area contributed by atoms with Crippen molar-refractivity contribution in [3.8, 4) is 0 Å². The molecule has 1 aromatic carbocycles. The van der Waals surface area contributed by atoms with Gasteiger partial charge in [-0.25, -0.2) is 9.18 Å². The van der Waals surface area contributed by atoms with Crippen molar-refractivity contribution in [1.29, 1.82) is 0 Å². The molecule has 2 amide bonds. The standard InChI is InChI=1S/C15H23ClFN3O2/c1-15(2,20(3)4)9-19-14(22)18-8-13(21)10-5-6-11(16)12(17)7-10/h5-7,13,21H,8-9H2,1-4H3,(H2,18,19,22). The van der Waals surface area contributed by atoms with Crippen molar-refractivity contribution in [2.75, 3.05) is 27.2 Å². The minimum atomic E-state index is -1.00. The van der Waals surface area contributed by atoms with E-state index in [1.807, 2.05) is 32.8 Å². The molecule has 1 atom stereocenters. The molecule has 3 N–H and O–H groups in total. The molecule has 1 rings (SSSR count). The Morgan fingerprint density at radius 1 is 1.41 bits per heavy atom. The molecule has 0 aromatic heterocycles. The Labute approximate surface area is 135 Å². The van der Waals surface area contributed by atoms with E-state index in [9.17, 15) is 14.3 Å². The van der Waals surface area contributed by atoms with E-state index in [-0.39, 0.29) is 23.1 Å². The summed E-state index contributed by atoms with van der Waals surface area (Å²) in [6.45, 7) is 4.43.